The number of rotatable bonds is 2. The van der Waals surface area contributed by atoms with Crippen LogP contribution in [0.3, 0.4) is 0 Å². The van der Waals surface area contributed by atoms with Gasteiger partial charge < -0.3 is 10.6 Å². The van der Waals surface area contributed by atoms with E-state index in [-0.39, 0.29) is 11.9 Å². The van der Waals surface area contributed by atoms with E-state index in [1.165, 1.54) is 0 Å². The second-order valence-electron chi connectivity index (χ2n) is 4.94. The van der Waals surface area contributed by atoms with Crippen molar-refractivity contribution in [2.24, 2.45) is 5.73 Å². The largest absolute Gasteiger partial charge is 0.318 e. The molecule has 114 valence electrons. The van der Waals surface area contributed by atoms with Gasteiger partial charge in [-0.2, -0.15) is 0 Å². The molecule has 3 nitrogen and oxygen atoms in total. The summed E-state index contributed by atoms with van der Waals surface area (Å²) in [5.74, 6) is -0.200. The third-order valence-electron chi connectivity index (χ3n) is 3.60. The van der Waals surface area contributed by atoms with Gasteiger partial charge in [-0.1, -0.05) is 52.5 Å². The van der Waals surface area contributed by atoms with Crippen molar-refractivity contribution in [3.63, 3.8) is 0 Å². The molecule has 2 unspecified atom stereocenters. The van der Waals surface area contributed by atoms with Crippen LogP contribution in [0.5, 0.6) is 0 Å². The van der Waals surface area contributed by atoms with Crippen molar-refractivity contribution < 1.29 is 4.79 Å². The molecule has 0 saturated carbocycles. The van der Waals surface area contributed by atoms with Crippen molar-refractivity contribution in [3.8, 4) is 0 Å². The molecule has 0 aromatic heterocycles. The summed E-state index contributed by atoms with van der Waals surface area (Å²) in [6.45, 7) is 0. The molecule has 3 rings (SSSR count). The summed E-state index contributed by atoms with van der Waals surface area (Å²) < 4.78 is 0. The quantitative estimate of drug-likeness (QED) is 0.772. The van der Waals surface area contributed by atoms with Crippen LogP contribution < -0.4 is 10.6 Å². The van der Waals surface area contributed by atoms with Gasteiger partial charge in [0.05, 0.1) is 16.1 Å². The maximum Gasteiger partial charge on any atom is 0.247 e. The van der Waals surface area contributed by atoms with Gasteiger partial charge in [-0.25, -0.2) is 0 Å². The summed E-state index contributed by atoms with van der Waals surface area (Å²) in [6.07, 6.45) is 0. The molecule has 2 atom stereocenters. The van der Waals surface area contributed by atoms with Crippen molar-refractivity contribution in [1.82, 2.24) is 0 Å². The smallest absolute Gasteiger partial charge is 0.247 e. The Morgan fingerprint density at radius 2 is 1.64 bits per heavy atom. The van der Waals surface area contributed by atoms with E-state index < -0.39 is 6.04 Å². The van der Waals surface area contributed by atoms with E-state index in [0.29, 0.717) is 25.8 Å². The number of carbonyl (C=O) groups excluding carboxylic acids is 1. The van der Waals surface area contributed by atoms with Gasteiger partial charge in [0.2, 0.25) is 5.91 Å². The van der Waals surface area contributed by atoms with Crippen LogP contribution in [0.2, 0.25) is 20.1 Å². The molecule has 22 heavy (non-hydrogen) atoms. The van der Waals surface area contributed by atoms with Crippen LogP contribution in [0.15, 0.2) is 36.4 Å². The SMILES string of the molecule is NC1C(=O)N(c2ccc(Cl)c(Cl)c2)C1c1ccc(Cl)cc1Cl. The molecule has 0 radical (unpaired) electrons. The number of halogens is 4. The summed E-state index contributed by atoms with van der Waals surface area (Å²) in [7, 11) is 0. The number of anilines is 1. The molecule has 1 aliphatic heterocycles. The van der Waals surface area contributed by atoms with Gasteiger partial charge in [0.15, 0.2) is 0 Å². The number of hydrogen-bond acceptors (Lipinski definition) is 2. The summed E-state index contributed by atoms with van der Waals surface area (Å²) in [6, 6.07) is 9.07. The van der Waals surface area contributed by atoms with Gasteiger partial charge in [0, 0.05) is 15.7 Å². The molecule has 2 N–H and O–H groups in total. The van der Waals surface area contributed by atoms with Crippen molar-refractivity contribution in [1.29, 1.82) is 0 Å². The van der Waals surface area contributed by atoms with Gasteiger partial charge in [0.25, 0.3) is 0 Å². The number of nitrogens with zero attached hydrogens (tertiary/aromatic N) is 1. The Morgan fingerprint density at radius 1 is 0.909 bits per heavy atom. The Hall–Kier alpha value is -0.970. The monoisotopic (exact) mass is 374 g/mol. The maximum atomic E-state index is 12.2. The van der Waals surface area contributed by atoms with Crippen LogP contribution in [0.25, 0.3) is 0 Å². The average molecular weight is 376 g/mol. The molecule has 0 spiro atoms. The highest BCUT2D eigenvalue weighted by Crippen LogP contribution is 2.42. The zero-order valence-electron chi connectivity index (χ0n) is 11.1. The predicted molar refractivity (Wildman–Crippen MR) is 91.1 cm³/mol. The van der Waals surface area contributed by atoms with Gasteiger partial charge in [-0.05, 0) is 35.9 Å². The lowest BCUT2D eigenvalue weighted by Gasteiger charge is -2.46. The summed E-state index contributed by atoms with van der Waals surface area (Å²) >= 11 is 24.1. The number of β-lactam (4-membered cyclic amide) rings is 1. The Bertz CT molecular complexity index is 765. The molecule has 2 aromatic carbocycles. The zero-order chi connectivity index (χ0) is 16.0. The molecule has 2 aromatic rings. The Labute approximate surface area is 147 Å². The second kappa shape index (κ2) is 5.91. The molecule has 7 heteroatoms. The third kappa shape index (κ3) is 2.57. The van der Waals surface area contributed by atoms with Crippen molar-refractivity contribution in [2.75, 3.05) is 4.90 Å². The van der Waals surface area contributed by atoms with Crippen LogP contribution >= 0.6 is 46.4 Å². The highest BCUT2D eigenvalue weighted by molar-refractivity contribution is 6.42. The van der Waals surface area contributed by atoms with Gasteiger partial charge in [-0.3, -0.25) is 4.79 Å². The highest BCUT2D eigenvalue weighted by Gasteiger charge is 2.47. The van der Waals surface area contributed by atoms with E-state index in [0.717, 1.165) is 5.56 Å². The van der Waals surface area contributed by atoms with Gasteiger partial charge >= 0.3 is 0 Å². The Kier molecular flexibility index (Phi) is 4.27. The van der Waals surface area contributed by atoms with Crippen LogP contribution in [-0.2, 0) is 4.79 Å². The normalized spacial score (nSPS) is 21.0. The summed E-state index contributed by atoms with van der Waals surface area (Å²) in [5.41, 5.74) is 7.32. The molecule has 1 fully saturated rings. The van der Waals surface area contributed by atoms with E-state index in [1.807, 2.05) is 0 Å². The number of hydrogen-bond donors (Lipinski definition) is 1. The standard InChI is InChI=1S/C15H10Cl4N2O/c16-7-1-3-9(11(18)5-7)14-13(20)15(22)21(14)8-2-4-10(17)12(19)6-8/h1-6,13-14H,20H2. The molecule has 1 aliphatic rings. The lowest BCUT2D eigenvalue weighted by molar-refractivity contribution is -0.126. The van der Waals surface area contributed by atoms with Crippen LogP contribution in [0.4, 0.5) is 5.69 Å². The van der Waals surface area contributed by atoms with Gasteiger partial charge in [-0.15, -0.1) is 0 Å². The van der Waals surface area contributed by atoms with Crippen LogP contribution in [0.1, 0.15) is 11.6 Å². The van der Waals surface area contributed by atoms with E-state index >= 15 is 0 Å². The molecule has 1 amide bonds. The van der Waals surface area contributed by atoms with Crippen molar-refractivity contribution >= 4 is 58.0 Å². The van der Waals surface area contributed by atoms with Gasteiger partial charge in [0.1, 0.15) is 6.04 Å². The first-order valence-electron chi connectivity index (χ1n) is 6.39. The fourth-order valence-corrected chi connectivity index (χ4v) is 3.32. The van der Waals surface area contributed by atoms with Crippen LogP contribution in [-0.4, -0.2) is 11.9 Å². The van der Waals surface area contributed by atoms with Crippen molar-refractivity contribution in [2.45, 2.75) is 12.1 Å². The van der Waals surface area contributed by atoms with Crippen molar-refractivity contribution in [3.05, 3.63) is 62.1 Å². The van der Waals surface area contributed by atoms with E-state index in [1.54, 1.807) is 41.3 Å². The molecule has 1 saturated heterocycles. The molecule has 0 bridgehead atoms. The second-order valence-corrected chi connectivity index (χ2v) is 6.60. The van der Waals surface area contributed by atoms with E-state index in [9.17, 15) is 4.79 Å². The topological polar surface area (TPSA) is 46.3 Å². The zero-order valence-corrected chi connectivity index (χ0v) is 14.1. The average Bonchev–Trinajstić information content (AvgIpc) is 2.48. The Balaban J connectivity index is 2.02. The van der Waals surface area contributed by atoms with E-state index in [2.05, 4.69) is 0 Å². The first-order chi connectivity index (χ1) is 10.4. The molecular weight excluding hydrogens is 366 g/mol. The highest BCUT2D eigenvalue weighted by atomic mass is 35.5. The first-order valence-corrected chi connectivity index (χ1v) is 7.90. The predicted octanol–water partition coefficient (Wildman–Crippen LogP) is 4.72. The fourth-order valence-electron chi connectivity index (χ4n) is 2.51. The minimum absolute atomic E-state index is 0.200. The Morgan fingerprint density at radius 3 is 2.27 bits per heavy atom. The molecule has 1 heterocycles. The lowest BCUT2D eigenvalue weighted by Crippen LogP contribution is -2.63. The summed E-state index contributed by atoms with van der Waals surface area (Å²) in [5, 5.41) is 1.77. The number of benzene rings is 2. The minimum atomic E-state index is -0.659. The fraction of sp³-hybridized carbons (Fsp3) is 0.133. The number of amides is 1. The first kappa shape index (κ1) is 15.9. The molecular formula is C15H10Cl4N2O. The lowest BCUT2D eigenvalue weighted by atomic mass is 9.88. The minimum Gasteiger partial charge on any atom is -0.318 e. The van der Waals surface area contributed by atoms with Crippen LogP contribution in [0, 0.1) is 0 Å². The molecule has 0 aliphatic carbocycles. The number of carbonyl (C=O) groups is 1. The number of nitrogens with two attached hydrogens (primary N) is 1. The maximum absolute atomic E-state index is 12.2. The van der Waals surface area contributed by atoms with E-state index in [4.69, 9.17) is 52.1 Å². The third-order valence-corrected chi connectivity index (χ3v) is 4.90. The summed E-state index contributed by atoms with van der Waals surface area (Å²) in [4.78, 5) is 13.7.